The molecule has 1 aromatic heterocycles. The number of carboxylic acid groups (broad SMARTS) is 1. The molecular weight excluding hydrogens is 133 g/mol. The van der Waals surface area contributed by atoms with E-state index in [0.29, 0.717) is 0 Å². The van der Waals surface area contributed by atoms with Gasteiger partial charge in [0.15, 0.2) is 0 Å². The van der Waals surface area contributed by atoms with E-state index in [0.717, 1.165) is 11.3 Å². The summed E-state index contributed by atoms with van der Waals surface area (Å²) in [5, 5.41) is 9.99. The third-order valence-corrected chi connectivity index (χ3v) is 1.38. The van der Waals surface area contributed by atoms with Crippen molar-refractivity contribution in [3.05, 3.63) is 16.6 Å². The number of carboxylic acids is 1. The summed E-state index contributed by atoms with van der Waals surface area (Å²) in [5.41, 5.74) is 0. The van der Waals surface area contributed by atoms with Crippen LogP contribution in [0.3, 0.4) is 0 Å². The van der Waals surface area contributed by atoms with Crippen LogP contribution in [0.5, 0.6) is 0 Å². The van der Waals surface area contributed by atoms with Crippen LogP contribution in [0.25, 0.3) is 0 Å². The molecule has 0 saturated heterocycles. The summed E-state index contributed by atoms with van der Waals surface area (Å²) >= 11 is 1.12. The van der Waals surface area contributed by atoms with Gasteiger partial charge in [-0.1, -0.05) is 0 Å². The molecule has 1 N–H and O–H groups in total. The summed E-state index contributed by atoms with van der Waals surface area (Å²) in [6, 6.07) is 0. The summed E-state index contributed by atoms with van der Waals surface area (Å²) in [7, 11) is 0. The number of hydrogen-bond donors (Lipinski definition) is 1. The maximum atomic E-state index is 10.0. The molecule has 0 aliphatic carbocycles. The van der Waals surface area contributed by atoms with Crippen molar-refractivity contribution in [3.63, 3.8) is 0 Å². The molecule has 0 aliphatic heterocycles. The zero-order valence-electron chi connectivity index (χ0n) is 5.87. The molecule has 0 radical (unpaired) electrons. The van der Waals surface area contributed by atoms with E-state index < -0.39 is 5.97 Å². The Hall–Kier alpha value is -0.303. The quantitative estimate of drug-likeness (QED) is 0.453. The molecule has 0 unspecified atom stereocenters. The van der Waals surface area contributed by atoms with Crippen LogP contribution in [-0.2, 0) is 0 Å². The predicted octanol–water partition coefficient (Wildman–Crippen LogP) is -2.04. The van der Waals surface area contributed by atoms with Gasteiger partial charge < -0.3 is 6.53 Å². The molecule has 3 nitrogen and oxygen atoms in total. The van der Waals surface area contributed by atoms with Gasteiger partial charge in [-0.05, 0) is 0 Å². The van der Waals surface area contributed by atoms with Crippen molar-refractivity contribution >= 4 is 17.3 Å². The van der Waals surface area contributed by atoms with Crippen LogP contribution in [0.1, 0.15) is 11.2 Å². The summed E-state index contributed by atoms with van der Waals surface area (Å²) in [6.45, 7) is 0. The molecule has 0 bridgehead atoms. The minimum absolute atomic E-state index is 0. The Labute approximate surface area is 69.4 Å². The Morgan fingerprint density at radius 2 is 2.56 bits per heavy atom. The number of aromatic carboxylic acids is 1. The van der Waals surface area contributed by atoms with Crippen molar-refractivity contribution < 1.29 is 30.2 Å². The number of carbonyl (C=O) groups is 1. The van der Waals surface area contributed by atoms with E-state index >= 15 is 0 Å². The van der Waals surface area contributed by atoms with Gasteiger partial charge in [0.25, 0.3) is 0 Å². The molecule has 1 aromatic rings. The van der Waals surface area contributed by atoms with Crippen molar-refractivity contribution in [2.75, 3.05) is 0 Å². The summed E-state index contributed by atoms with van der Waals surface area (Å²) < 4.78 is 0. The van der Waals surface area contributed by atoms with Crippen LogP contribution in [0, 0.1) is 0 Å². The number of nitrogens with zero attached hydrogens (tertiary/aromatic N) is 1. The van der Waals surface area contributed by atoms with Crippen LogP contribution in [-0.4, -0.2) is 16.1 Å². The van der Waals surface area contributed by atoms with E-state index in [9.17, 15) is 4.79 Å². The summed E-state index contributed by atoms with van der Waals surface area (Å²) in [4.78, 5) is 13.5. The molecule has 5 heteroatoms. The van der Waals surface area contributed by atoms with Crippen LogP contribution >= 0.6 is 11.3 Å². The van der Waals surface area contributed by atoms with Crippen molar-refractivity contribution in [3.8, 4) is 0 Å². The number of rotatable bonds is 1. The fourth-order valence-corrected chi connectivity index (χ4v) is 0.802. The van der Waals surface area contributed by atoms with Crippen molar-refractivity contribution in [2.45, 2.75) is 0 Å². The van der Waals surface area contributed by atoms with E-state index in [1.807, 2.05) is 0 Å². The maximum absolute atomic E-state index is 10.0. The van der Waals surface area contributed by atoms with E-state index in [1.54, 1.807) is 5.38 Å². The SMILES string of the molecule is O=C(O)c1nccs1.[H-].[Li+]. The van der Waals surface area contributed by atoms with Crippen LogP contribution < -0.4 is 18.9 Å². The third-order valence-electron chi connectivity index (χ3n) is 0.615. The first-order chi connectivity index (χ1) is 3.80. The third kappa shape index (κ3) is 2.18. The summed E-state index contributed by atoms with van der Waals surface area (Å²) in [5.74, 6) is -0.958. The smallest absolute Gasteiger partial charge is 1.00 e. The topological polar surface area (TPSA) is 50.2 Å². The molecule has 1 heterocycles. The molecule has 0 aromatic carbocycles. The van der Waals surface area contributed by atoms with Gasteiger partial charge in [-0.25, -0.2) is 9.78 Å². The normalized spacial score (nSPS) is 8.00. The average molecular weight is 137 g/mol. The van der Waals surface area contributed by atoms with Crippen molar-refractivity contribution in [1.82, 2.24) is 4.98 Å². The molecule has 0 aliphatic rings. The first-order valence-electron chi connectivity index (χ1n) is 1.93. The molecule has 0 amide bonds. The standard InChI is InChI=1S/C4H3NO2S.Li.H/c6-4(7)3-5-1-2-8-3;;/h1-2H,(H,6,7);;/q;+1;-1. The molecule has 9 heavy (non-hydrogen) atoms. The zero-order chi connectivity index (χ0) is 5.98. The first kappa shape index (κ1) is 8.70. The fraction of sp³-hybridized carbons (Fsp3) is 0. The molecule has 0 fully saturated rings. The Morgan fingerprint density at radius 1 is 1.89 bits per heavy atom. The Morgan fingerprint density at radius 3 is 2.78 bits per heavy atom. The second-order valence-electron chi connectivity index (χ2n) is 1.14. The molecule has 1 rings (SSSR count). The van der Waals surface area contributed by atoms with Gasteiger partial charge in [0.1, 0.15) is 0 Å². The van der Waals surface area contributed by atoms with Gasteiger partial charge in [-0.2, -0.15) is 0 Å². The minimum atomic E-state index is -0.958. The van der Waals surface area contributed by atoms with Crippen molar-refractivity contribution in [2.24, 2.45) is 0 Å². The molecule has 0 spiro atoms. The second kappa shape index (κ2) is 3.67. The van der Waals surface area contributed by atoms with Crippen molar-refractivity contribution in [1.29, 1.82) is 0 Å². The van der Waals surface area contributed by atoms with Gasteiger partial charge in [-0.3, -0.25) is 0 Å². The van der Waals surface area contributed by atoms with Gasteiger partial charge in [0.2, 0.25) is 5.01 Å². The fourth-order valence-electron chi connectivity index (χ4n) is 0.329. The molecule has 0 atom stereocenters. The zero-order valence-corrected chi connectivity index (χ0v) is 5.68. The van der Waals surface area contributed by atoms with Crippen LogP contribution in [0.4, 0.5) is 0 Å². The maximum Gasteiger partial charge on any atom is 1.00 e. The number of hydrogen-bond acceptors (Lipinski definition) is 3. The van der Waals surface area contributed by atoms with E-state index in [-0.39, 0.29) is 25.3 Å². The van der Waals surface area contributed by atoms with E-state index in [1.165, 1.54) is 6.20 Å². The van der Waals surface area contributed by atoms with Gasteiger partial charge in [0.05, 0.1) is 0 Å². The molecular formula is C4H4LiNO2S. The predicted molar refractivity (Wildman–Crippen MR) is 30.2 cm³/mol. The van der Waals surface area contributed by atoms with Gasteiger partial charge >= 0.3 is 24.8 Å². The minimum Gasteiger partial charge on any atom is -1.00 e. The largest absolute Gasteiger partial charge is 1.00 e. The van der Waals surface area contributed by atoms with Gasteiger partial charge in [0, 0.05) is 11.6 Å². The Kier molecular flexibility index (Phi) is 3.55. The Balaban J connectivity index is 0. The average Bonchev–Trinajstić information content (AvgIpc) is 2.12. The first-order valence-corrected chi connectivity index (χ1v) is 2.81. The number of thiazole rings is 1. The monoisotopic (exact) mass is 137 g/mol. The van der Waals surface area contributed by atoms with E-state index in [4.69, 9.17) is 5.11 Å². The van der Waals surface area contributed by atoms with E-state index in [2.05, 4.69) is 4.98 Å². The van der Waals surface area contributed by atoms with Crippen LogP contribution in [0.15, 0.2) is 11.6 Å². The number of aromatic nitrogens is 1. The second-order valence-corrected chi connectivity index (χ2v) is 2.04. The van der Waals surface area contributed by atoms with Crippen LogP contribution in [0.2, 0.25) is 0 Å². The molecule has 44 valence electrons. The van der Waals surface area contributed by atoms with Gasteiger partial charge in [-0.15, -0.1) is 11.3 Å². The summed E-state index contributed by atoms with van der Waals surface area (Å²) in [6.07, 6.45) is 1.47. The Bertz CT molecular complexity index is 191. The molecule has 0 saturated carbocycles.